The predicted octanol–water partition coefficient (Wildman–Crippen LogP) is 6.68. The van der Waals surface area contributed by atoms with Gasteiger partial charge in [0.05, 0.1) is 30.6 Å². The average molecular weight is 560 g/mol. The molecule has 1 aliphatic heterocycles. The molecule has 7 nitrogen and oxygen atoms in total. The van der Waals surface area contributed by atoms with Crippen LogP contribution in [0.3, 0.4) is 0 Å². The Morgan fingerprint density at radius 1 is 1.10 bits per heavy atom. The van der Waals surface area contributed by atoms with Crippen LogP contribution in [0.1, 0.15) is 48.1 Å². The molecule has 1 aliphatic rings. The van der Waals surface area contributed by atoms with Gasteiger partial charge in [0.2, 0.25) is 5.91 Å². The summed E-state index contributed by atoms with van der Waals surface area (Å²) in [7, 11) is 1.59. The second-order valence-electron chi connectivity index (χ2n) is 9.42. The predicted molar refractivity (Wildman–Crippen MR) is 160 cm³/mol. The fourth-order valence-corrected chi connectivity index (χ4v) is 5.75. The van der Waals surface area contributed by atoms with E-state index in [2.05, 4.69) is 51.1 Å². The van der Waals surface area contributed by atoms with Gasteiger partial charge in [-0.05, 0) is 80.2 Å². The van der Waals surface area contributed by atoms with E-state index < -0.39 is 0 Å². The number of benzene rings is 2. The van der Waals surface area contributed by atoms with Gasteiger partial charge in [0.25, 0.3) is 0 Å². The highest BCUT2D eigenvalue weighted by atomic mass is 35.5. The van der Waals surface area contributed by atoms with Gasteiger partial charge in [-0.25, -0.2) is 0 Å². The third-order valence-electron chi connectivity index (χ3n) is 7.01. The van der Waals surface area contributed by atoms with Crippen molar-refractivity contribution in [1.82, 2.24) is 14.9 Å². The number of thiocarbonyl (C=S) groups is 1. The number of amides is 1. The standard InChI is InChI=1S/C30H30ClN5O2S/c1-5-27(37)33-24-13-12-22(17-26(24)38-4)36-29(28(34-30(36)39)25-11-6-7-14-32-25)23-15-18(2)35(19(23)3)21-10-8-9-20(31)16-21/h6-17,28-29H,5H2,1-4H3,(H,33,37)(H,34,39). The van der Waals surface area contributed by atoms with E-state index in [1.54, 1.807) is 13.3 Å². The van der Waals surface area contributed by atoms with Crippen molar-refractivity contribution in [3.8, 4) is 11.4 Å². The molecule has 4 aromatic rings. The van der Waals surface area contributed by atoms with E-state index in [9.17, 15) is 4.79 Å². The molecule has 0 radical (unpaired) electrons. The number of anilines is 2. The van der Waals surface area contributed by atoms with Crippen LogP contribution in [0.25, 0.3) is 5.69 Å². The summed E-state index contributed by atoms with van der Waals surface area (Å²) < 4.78 is 7.87. The number of methoxy groups -OCH3 is 1. The normalized spacial score (nSPS) is 16.7. The van der Waals surface area contributed by atoms with Crippen molar-refractivity contribution in [3.05, 3.63) is 101 Å². The summed E-state index contributed by atoms with van der Waals surface area (Å²) in [4.78, 5) is 18.8. The van der Waals surface area contributed by atoms with Crippen LogP contribution in [0, 0.1) is 13.8 Å². The molecule has 0 aliphatic carbocycles. The number of carbonyl (C=O) groups is 1. The van der Waals surface area contributed by atoms with Crippen LogP contribution < -0.4 is 20.3 Å². The number of aromatic nitrogens is 2. The molecule has 1 saturated heterocycles. The number of rotatable bonds is 7. The molecule has 2 atom stereocenters. The molecule has 2 aromatic heterocycles. The number of carbonyl (C=O) groups excluding carboxylic acids is 1. The molecule has 1 amide bonds. The van der Waals surface area contributed by atoms with Gasteiger partial charge in [-0.15, -0.1) is 0 Å². The molecule has 5 rings (SSSR count). The number of halogens is 1. The topological polar surface area (TPSA) is 71.4 Å². The minimum absolute atomic E-state index is 0.0824. The molecule has 2 aromatic carbocycles. The summed E-state index contributed by atoms with van der Waals surface area (Å²) in [6.07, 6.45) is 2.17. The minimum Gasteiger partial charge on any atom is -0.494 e. The first-order valence-corrected chi connectivity index (χ1v) is 13.5. The molecule has 0 saturated carbocycles. The molecular formula is C30H30ClN5O2S. The molecule has 2 N–H and O–H groups in total. The van der Waals surface area contributed by atoms with Gasteiger partial charge >= 0.3 is 0 Å². The monoisotopic (exact) mass is 559 g/mol. The number of pyridine rings is 1. The van der Waals surface area contributed by atoms with Crippen molar-refractivity contribution >= 4 is 46.2 Å². The van der Waals surface area contributed by atoms with Crippen LogP contribution >= 0.6 is 23.8 Å². The van der Waals surface area contributed by atoms with Gasteiger partial charge in [-0.3, -0.25) is 9.78 Å². The molecule has 3 heterocycles. The Hall–Kier alpha value is -3.88. The Kier molecular flexibility index (Phi) is 7.59. The lowest BCUT2D eigenvalue weighted by atomic mass is 9.96. The maximum absolute atomic E-state index is 12.1. The van der Waals surface area contributed by atoms with Crippen LogP contribution in [0.2, 0.25) is 5.02 Å². The highest BCUT2D eigenvalue weighted by molar-refractivity contribution is 7.80. The van der Waals surface area contributed by atoms with Crippen LogP contribution in [0.4, 0.5) is 11.4 Å². The number of aryl methyl sites for hydroxylation is 1. The number of ether oxygens (including phenoxy) is 1. The highest BCUT2D eigenvalue weighted by Gasteiger charge is 2.42. The Labute approximate surface area is 238 Å². The zero-order chi connectivity index (χ0) is 27.7. The summed E-state index contributed by atoms with van der Waals surface area (Å²) in [6, 6.07) is 21.3. The van der Waals surface area contributed by atoms with E-state index in [0.717, 1.165) is 34.0 Å². The lowest BCUT2D eigenvalue weighted by Crippen LogP contribution is -2.29. The van der Waals surface area contributed by atoms with Crippen molar-refractivity contribution < 1.29 is 9.53 Å². The summed E-state index contributed by atoms with van der Waals surface area (Å²) >= 11 is 12.3. The van der Waals surface area contributed by atoms with Crippen molar-refractivity contribution in [2.24, 2.45) is 0 Å². The Balaban J connectivity index is 1.65. The maximum Gasteiger partial charge on any atom is 0.224 e. The molecule has 39 heavy (non-hydrogen) atoms. The van der Waals surface area contributed by atoms with Gasteiger partial charge in [-0.2, -0.15) is 0 Å². The van der Waals surface area contributed by atoms with Crippen molar-refractivity contribution in [2.75, 3.05) is 17.3 Å². The van der Waals surface area contributed by atoms with E-state index in [-0.39, 0.29) is 18.0 Å². The zero-order valence-electron chi connectivity index (χ0n) is 22.2. The molecular weight excluding hydrogens is 530 g/mol. The van der Waals surface area contributed by atoms with E-state index in [1.165, 1.54) is 0 Å². The van der Waals surface area contributed by atoms with Crippen LogP contribution in [0.15, 0.2) is 72.9 Å². The third-order valence-corrected chi connectivity index (χ3v) is 7.56. The molecule has 200 valence electrons. The largest absolute Gasteiger partial charge is 0.494 e. The molecule has 9 heteroatoms. The summed E-state index contributed by atoms with van der Waals surface area (Å²) in [6.45, 7) is 6.02. The summed E-state index contributed by atoms with van der Waals surface area (Å²) in [5.41, 5.74) is 6.61. The fraction of sp³-hybridized carbons (Fsp3) is 0.233. The van der Waals surface area contributed by atoms with Gasteiger partial charge < -0.3 is 24.8 Å². The van der Waals surface area contributed by atoms with Crippen LogP contribution in [0.5, 0.6) is 5.75 Å². The van der Waals surface area contributed by atoms with Crippen molar-refractivity contribution in [2.45, 2.75) is 39.3 Å². The minimum atomic E-state index is -0.202. The van der Waals surface area contributed by atoms with Crippen molar-refractivity contribution in [1.29, 1.82) is 0 Å². The zero-order valence-corrected chi connectivity index (χ0v) is 23.8. The fourth-order valence-electron chi connectivity index (χ4n) is 5.22. The van der Waals surface area contributed by atoms with Crippen LogP contribution in [-0.4, -0.2) is 27.7 Å². The van der Waals surface area contributed by atoms with Gasteiger partial charge in [-0.1, -0.05) is 30.7 Å². The summed E-state index contributed by atoms with van der Waals surface area (Å²) in [5, 5.41) is 7.69. The van der Waals surface area contributed by atoms with Crippen molar-refractivity contribution in [3.63, 3.8) is 0 Å². The molecule has 0 spiro atoms. The van der Waals surface area contributed by atoms with Crippen LogP contribution in [-0.2, 0) is 4.79 Å². The van der Waals surface area contributed by atoms with E-state index in [4.69, 9.17) is 28.6 Å². The smallest absolute Gasteiger partial charge is 0.224 e. The van der Waals surface area contributed by atoms with Gasteiger partial charge in [0, 0.05) is 46.5 Å². The highest BCUT2D eigenvalue weighted by Crippen LogP contribution is 2.45. The maximum atomic E-state index is 12.1. The first kappa shape index (κ1) is 26.7. The Morgan fingerprint density at radius 3 is 2.62 bits per heavy atom. The van der Waals surface area contributed by atoms with E-state index in [0.29, 0.717) is 28.0 Å². The number of hydrogen-bond acceptors (Lipinski definition) is 4. The van der Waals surface area contributed by atoms with Gasteiger partial charge in [0.1, 0.15) is 5.75 Å². The molecule has 0 bridgehead atoms. The van der Waals surface area contributed by atoms with Gasteiger partial charge in [0.15, 0.2) is 5.11 Å². The lowest BCUT2D eigenvalue weighted by molar-refractivity contribution is -0.115. The number of nitrogens with zero attached hydrogens (tertiary/aromatic N) is 3. The second kappa shape index (κ2) is 11.1. The van der Waals surface area contributed by atoms with E-state index >= 15 is 0 Å². The average Bonchev–Trinajstić information content (AvgIpc) is 3.43. The Morgan fingerprint density at radius 2 is 1.92 bits per heavy atom. The summed E-state index contributed by atoms with van der Waals surface area (Å²) in [5.74, 6) is 0.475. The Bertz CT molecular complexity index is 1540. The quantitative estimate of drug-likeness (QED) is 0.246. The lowest BCUT2D eigenvalue weighted by Gasteiger charge is -2.29. The SMILES string of the molecule is CCC(=O)Nc1ccc(N2C(=S)NC(c3ccccn3)C2c2cc(C)n(-c3cccc(Cl)c3)c2C)cc1OC. The number of nitrogens with one attached hydrogen (secondary N) is 2. The second-order valence-corrected chi connectivity index (χ2v) is 10.2. The number of hydrogen-bond donors (Lipinski definition) is 2. The first-order chi connectivity index (χ1) is 18.8. The third kappa shape index (κ3) is 5.10. The molecule has 1 fully saturated rings. The first-order valence-electron chi connectivity index (χ1n) is 12.8. The van der Waals surface area contributed by atoms with E-state index in [1.807, 2.05) is 61.5 Å². The molecule has 2 unspecified atom stereocenters.